The van der Waals surface area contributed by atoms with Crippen LogP contribution < -0.4 is 15.1 Å². The zero-order valence-corrected chi connectivity index (χ0v) is 18.7. The van der Waals surface area contributed by atoms with Crippen LogP contribution >= 0.6 is 0 Å². The van der Waals surface area contributed by atoms with Gasteiger partial charge in [0.1, 0.15) is 0 Å². The summed E-state index contributed by atoms with van der Waals surface area (Å²) in [5.74, 6) is -0.415. The Kier molecular flexibility index (Phi) is 6.44. The monoisotopic (exact) mass is 434 g/mol. The van der Waals surface area contributed by atoms with Gasteiger partial charge in [-0.25, -0.2) is 0 Å². The summed E-state index contributed by atoms with van der Waals surface area (Å²) >= 11 is 0. The number of likely N-dealkylation sites (tertiary alicyclic amines) is 1. The van der Waals surface area contributed by atoms with Crippen molar-refractivity contribution in [1.82, 2.24) is 4.90 Å². The highest BCUT2D eigenvalue weighted by molar-refractivity contribution is 6.00. The molecular weight excluding hydrogens is 404 g/mol. The topological polar surface area (TPSA) is 73.0 Å². The largest absolute Gasteiger partial charge is 0.378 e. The van der Waals surface area contributed by atoms with Crippen molar-refractivity contribution in [2.24, 2.45) is 11.8 Å². The molecule has 4 rings (SSSR count). The molecule has 2 aromatic carbocycles. The number of nitrogens with zero attached hydrogens (tertiary/aromatic N) is 3. The third kappa shape index (κ3) is 4.77. The summed E-state index contributed by atoms with van der Waals surface area (Å²) in [5, 5.41) is 2.99. The lowest BCUT2D eigenvalue weighted by molar-refractivity contribution is -0.138. The minimum Gasteiger partial charge on any atom is -0.378 e. The smallest absolute Gasteiger partial charge is 0.228 e. The van der Waals surface area contributed by atoms with E-state index in [1.165, 1.54) is 0 Å². The van der Waals surface area contributed by atoms with E-state index in [-0.39, 0.29) is 36.0 Å². The van der Waals surface area contributed by atoms with Gasteiger partial charge in [-0.15, -0.1) is 0 Å². The summed E-state index contributed by atoms with van der Waals surface area (Å²) in [6, 6.07) is 17.2. The molecular formula is C25H30N4O3. The number of nitrogens with one attached hydrogen (secondary N) is 1. The summed E-state index contributed by atoms with van der Waals surface area (Å²) in [6.07, 6.45) is 1.52. The van der Waals surface area contributed by atoms with Crippen molar-refractivity contribution in [3.05, 3.63) is 54.6 Å². The van der Waals surface area contributed by atoms with Gasteiger partial charge in [-0.1, -0.05) is 18.2 Å². The quantitative estimate of drug-likeness (QED) is 0.785. The van der Waals surface area contributed by atoms with E-state index in [9.17, 15) is 14.4 Å². The maximum Gasteiger partial charge on any atom is 0.228 e. The Hall–Kier alpha value is -3.35. The number of hydrogen-bond acceptors (Lipinski definition) is 4. The molecule has 168 valence electrons. The van der Waals surface area contributed by atoms with Crippen LogP contribution in [0.1, 0.15) is 19.3 Å². The first-order valence-electron chi connectivity index (χ1n) is 11.1. The van der Waals surface area contributed by atoms with Gasteiger partial charge in [0.2, 0.25) is 17.7 Å². The molecule has 7 heteroatoms. The van der Waals surface area contributed by atoms with Crippen molar-refractivity contribution in [3.8, 4) is 0 Å². The number of amides is 3. The predicted molar refractivity (Wildman–Crippen MR) is 126 cm³/mol. The molecule has 2 heterocycles. The standard InChI is InChI=1S/C25H30N4O3/c1-27(2)21-10-8-20(9-11-21)26-24(31)18-12-14-28(15-13-18)25(32)19-16-23(30)29(17-19)22-6-4-3-5-7-22/h3-11,18-19H,12-17H2,1-2H3,(H,26,31). The van der Waals surface area contributed by atoms with E-state index in [1.54, 1.807) is 4.90 Å². The zero-order chi connectivity index (χ0) is 22.7. The molecule has 1 N–H and O–H groups in total. The fourth-order valence-electron chi connectivity index (χ4n) is 4.44. The van der Waals surface area contributed by atoms with E-state index < -0.39 is 0 Å². The van der Waals surface area contributed by atoms with Crippen LogP contribution in [-0.2, 0) is 14.4 Å². The van der Waals surface area contributed by atoms with Gasteiger partial charge in [-0.3, -0.25) is 14.4 Å². The third-order valence-corrected chi connectivity index (χ3v) is 6.37. The molecule has 0 spiro atoms. The number of carbonyl (C=O) groups is 3. The maximum absolute atomic E-state index is 13.0. The number of anilines is 3. The fourth-order valence-corrected chi connectivity index (χ4v) is 4.44. The average molecular weight is 435 g/mol. The summed E-state index contributed by atoms with van der Waals surface area (Å²) in [5.41, 5.74) is 2.69. The molecule has 0 radical (unpaired) electrons. The summed E-state index contributed by atoms with van der Waals surface area (Å²) in [4.78, 5) is 43.7. The van der Waals surface area contributed by atoms with Crippen molar-refractivity contribution in [1.29, 1.82) is 0 Å². The number of rotatable bonds is 5. The first-order valence-corrected chi connectivity index (χ1v) is 11.1. The Morgan fingerprint density at radius 1 is 0.938 bits per heavy atom. The second-order valence-electron chi connectivity index (χ2n) is 8.77. The van der Waals surface area contributed by atoms with Crippen LogP contribution in [0.4, 0.5) is 17.1 Å². The van der Waals surface area contributed by atoms with Crippen molar-refractivity contribution < 1.29 is 14.4 Å². The lowest BCUT2D eigenvalue weighted by Gasteiger charge is -2.33. The van der Waals surface area contributed by atoms with Gasteiger partial charge in [0.05, 0.1) is 5.92 Å². The number of para-hydroxylation sites is 1. The molecule has 1 atom stereocenters. The average Bonchev–Trinajstić information content (AvgIpc) is 3.21. The Bertz CT molecular complexity index is 966. The molecule has 2 saturated heterocycles. The highest BCUT2D eigenvalue weighted by Gasteiger charge is 2.38. The number of hydrogen-bond donors (Lipinski definition) is 1. The first-order chi connectivity index (χ1) is 15.4. The fraction of sp³-hybridized carbons (Fsp3) is 0.400. The van der Waals surface area contributed by atoms with Crippen LogP contribution in [0.3, 0.4) is 0 Å². The summed E-state index contributed by atoms with van der Waals surface area (Å²) in [6.45, 7) is 1.52. The summed E-state index contributed by atoms with van der Waals surface area (Å²) in [7, 11) is 3.95. The van der Waals surface area contributed by atoms with Crippen LogP contribution in [0.5, 0.6) is 0 Å². The molecule has 0 saturated carbocycles. The number of benzene rings is 2. The summed E-state index contributed by atoms with van der Waals surface area (Å²) < 4.78 is 0. The Balaban J connectivity index is 1.28. The van der Waals surface area contributed by atoms with Gasteiger partial charge in [0.25, 0.3) is 0 Å². The van der Waals surface area contributed by atoms with Crippen molar-refractivity contribution in [3.63, 3.8) is 0 Å². The number of piperidine rings is 1. The Morgan fingerprint density at radius 3 is 2.22 bits per heavy atom. The van der Waals surface area contributed by atoms with E-state index in [0.29, 0.717) is 32.5 Å². The lowest BCUT2D eigenvalue weighted by atomic mass is 9.94. The molecule has 0 aromatic heterocycles. The van der Waals surface area contributed by atoms with Crippen LogP contribution in [-0.4, -0.2) is 56.4 Å². The highest BCUT2D eigenvalue weighted by Crippen LogP contribution is 2.28. The molecule has 1 unspecified atom stereocenters. The maximum atomic E-state index is 13.0. The number of carbonyl (C=O) groups excluding carboxylic acids is 3. The van der Waals surface area contributed by atoms with E-state index in [1.807, 2.05) is 78.5 Å². The molecule has 2 aliphatic heterocycles. The second-order valence-corrected chi connectivity index (χ2v) is 8.77. The van der Waals surface area contributed by atoms with Gasteiger partial charge >= 0.3 is 0 Å². The van der Waals surface area contributed by atoms with Gasteiger partial charge in [-0.2, -0.15) is 0 Å². The van der Waals surface area contributed by atoms with Crippen LogP contribution in [0.25, 0.3) is 0 Å². The van der Waals surface area contributed by atoms with Crippen LogP contribution in [0.15, 0.2) is 54.6 Å². The minimum atomic E-state index is -0.316. The van der Waals surface area contributed by atoms with Gasteiger partial charge in [0, 0.05) is 63.1 Å². The molecule has 3 amide bonds. The SMILES string of the molecule is CN(C)c1ccc(NC(=O)C2CCN(C(=O)C3CC(=O)N(c4ccccc4)C3)CC2)cc1. The third-order valence-electron chi connectivity index (χ3n) is 6.37. The minimum absolute atomic E-state index is 0.000925. The van der Waals surface area contributed by atoms with Crippen LogP contribution in [0.2, 0.25) is 0 Å². The lowest BCUT2D eigenvalue weighted by Crippen LogP contribution is -2.44. The van der Waals surface area contributed by atoms with Gasteiger partial charge in [0.15, 0.2) is 0 Å². The van der Waals surface area contributed by atoms with Crippen molar-refractivity contribution >= 4 is 34.8 Å². The second kappa shape index (κ2) is 9.42. The molecule has 2 fully saturated rings. The van der Waals surface area contributed by atoms with E-state index in [2.05, 4.69) is 5.32 Å². The van der Waals surface area contributed by atoms with E-state index in [4.69, 9.17) is 0 Å². The molecule has 0 bridgehead atoms. The van der Waals surface area contributed by atoms with Gasteiger partial charge in [-0.05, 0) is 49.2 Å². The Morgan fingerprint density at radius 2 is 1.59 bits per heavy atom. The first kappa shape index (κ1) is 21.9. The molecule has 2 aromatic rings. The van der Waals surface area contributed by atoms with Crippen molar-refractivity contribution in [2.75, 3.05) is 48.8 Å². The molecule has 2 aliphatic rings. The van der Waals surface area contributed by atoms with E-state index >= 15 is 0 Å². The van der Waals surface area contributed by atoms with Crippen LogP contribution in [0, 0.1) is 11.8 Å². The predicted octanol–water partition coefficient (Wildman–Crippen LogP) is 2.98. The molecule has 0 aliphatic carbocycles. The molecule has 32 heavy (non-hydrogen) atoms. The van der Waals surface area contributed by atoms with Gasteiger partial charge < -0.3 is 20.0 Å². The molecule has 7 nitrogen and oxygen atoms in total. The van der Waals surface area contributed by atoms with Crippen molar-refractivity contribution in [2.45, 2.75) is 19.3 Å². The zero-order valence-electron chi connectivity index (χ0n) is 18.7. The van der Waals surface area contributed by atoms with E-state index in [0.717, 1.165) is 17.1 Å². The Labute approximate surface area is 189 Å². The normalized spacial score (nSPS) is 19.2. The highest BCUT2D eigenvalue weighted by atomic mass is 16.2.